The van der Waals surface area contributed by atoms with E-state index in [1.165, 1.54) is 0 Å². The van der Waals surface area contributed by atoms with Crippen molar-refractivity contribution in [3.05, 3.63) is 35.9 Å². The lowest BCUT2D eigenvalue weighted by atomic mass is 10.1. The van der Waals surface area contributed by atoms with Crippen LogP contribution in [0.5, 0.6) is 0 Å². The van der Waals surface area contributed by atoms with Gasteiger partial charge in [-0.3, -0.25) is 0 Å². The number of hydrogen-bond donors (Lipinski definition) is 1. The van der Waals surface area contributed by atoms with Gasteiger partial charge in [0, 0.05) is 13.1 Å². The fraction of sp³-hybridized carbons (Fsp3) is 0.462. The van der Waals surface area contributed by atoms with E-state index in [2.05, 4.69) is 0 Å². The predicted octanol–water partition coefficient (Wildman–Crippen LogP) is 1.95. The van der Waals surface area contributed by atoms with Crippen molar-refractivity contribution in [3.8, 4) is 0 Å². The van der Waals surface area contributed by atoms with E-state index in [9.17, 15) is 9.90 Å². The molecule has 1 amide bonds. The third-order valence-electron chi connectivity index (χ3n) is 2.94. The van der Waals surface area contributed by atoms with Crippen LogP contribution in [0.1, 0.15) is 24.5 Å². The third kappa shape index (κ3) is 2.97. The first-order valence-corrected chi connectivity index (χ1v) is 5.92. The normalized spacial score (nSPS) is 16.9. The maximum Gasteiger partial charge on any atom is 0.410 e. The van der Waals surface area contributed by atoms with Crippen LogP contribution in [0.25, 0.3) is 0 Å². The number of hydrogen-bond acceptors (Lipinski definition) is 3. The number of likely N-dealkylation sites (tertiary alicyclic amines) is 1. The lowest BCUT2D eigenvalue weighted by Crippen LogP contribution is -2.30. The van der Waals surface area contributed by atoms with Crippen molar-refractivity contribution in [1.29, 1.82) is 0 Å². The van der Waals surface area contributed by atoms with Gasteiger partial charge in [0.05, 0.1) is 6.61 Å². The van der Waals surface area contributed by atoms with Crippen LogP contribution in [0.15, 0.2) is 30.3 Å². The quantitative estimate of drug-likeness (QED) is 0.871. The monoisotopic (exact) mass is 235 g/mol. The van der Waals surface area contributed by atoms with Gasteiger partial charge in [-0.1, -0.05) is 30.3 Å². The number of nitrogens with zero attached hydrogens (tertiary/aromatic N) is 1. The highest BCUT2D eigenvalue weighted by molar-refractivity contribution is 5.68. The Balaban J connectivity index is 1.97. The average molecular weight is 235 g/mol. The van der Waals surface area contributed by atoms with E-state index in [0.29, 0.717) is 0 Å². The van der Waals surface area contributed by atoms with Crippen LogP contribution in [-0.4, -0.2) is 35.8 Å². The van der Waals surface area contributed by atoms with Gasteiger partial charge < -0.3 is 14.7 Å². The van der Waals surface area contributed by atoms with E-state index in [1.54, 1.807) is 4.90 Å². The van der Waals surface area contributed by atoms with Crippen LogP contribution in [0, 0.1) is 0 Å². The van der Waals surface area contributed by atoms with Crippen LogP contribution in [0.4, 0.5) is 4.79 Å². The summed E-state index contributed by atoms with van der Waals surface area (Å²) in [4.78, 5) is 13.5. The molecular formula is C13H17NO3. The highest BCUT2D eigenvalue weighted by Gasteiger charge is 2.23. The van der Waals surface area contributed by atoms with Gasteiger partial charge in [0.15, 0.2) is 6.10 Å². The second kappa shape index (κ2) is 5.68. The molecule has 17 heavy (non-hydrogen) atoms. The number of aliphatic hydroxyl groups excluding tert-OH is 1. The largest absolute Gasteiger partial charge is 0.439 e. The summed E-state index contributed by atoms with van der Waals surface area (Å²) in [6, 6.07) is 9.31. The van der Waals surface area contributed by atoms with Crippen molar-refractivity contribution in [2.45, 2.75) is 18.9 Å². The Morgan fingerprint density at radius 2 is 1.94 bits per heavy atom. The Kier molecular flexibility index (Phi) is 3.98. The summed E-state index contributed by atoms with van der Waals surface area (Å²) in [6.07, 6.45) is 1.17. The molecule has 4 heteroatoms. The Labute approximate surface area is 101 Å². The molecule has 1 N–H and O–H groups in total. The minimum atomic E-state index is -0.565. The number of aliphatic hydroxyl groups is 1. The molecule has 0 bridgehead atoms. The molecule has 1 heterocycles. The molecule has 0 aliphatic carbocycles. The van der Waals surface area contributed by atoms with Crippen LogP contribution in [0.2, 0.25) is 0 Å². The Morgan fingerprint density at radius 3 is 2.53 bits per heavy atom. The summed E-state index contributed by atoms with van der Waals surface area (Å²) >= 11 is 0. The maximum atomic E-state index is 11.8. The molecule has 92 valence electrons. The van der Waals surface area contributed by atoms with Gasteiger partial charge in [0.25, 0.3) is 0 Å². The van der Waals surface area contributed by atoms with E-state index < -0.39 is 6.10 Å². The minimum Gasteiger partial charge on any atom is -0.439 e. The van der Waals surface area contributed by atoms with E-state index in [-0.39, 0.29) is 12.7 Å². The van der Waals surface area contributed by atoms with E-state index >= 15 is 0 Å². The maximum absolute atomic E-state index is 11.8. The zero-order valence-corrected chi connectivity index (χ0v) is 9.71. The molecule has 1 unspecified atom stereocenters. The Bertz CT molecular complexity index is 360. The smallest absolute Gasteiger partial charge is 0.410 e. The molecule has 2 rings (SSSR count). The van der Waals surface area contributed by atoms with E-state index in [0.717, 1.165) is 31.5 Å². The lowest BCUT2D eigenvalue weighted by Gasteiger charge is -2.20. The van der Waals surface area contributed by atoms with Crippen LogP contribution in [-0.2, 0) is 4.74 Å². The topological polar surface area (TPSA) is 49.8 Å². The number of carbonyl (C=O) groups is 1. The molecular weight excluding hydrogens is 218 g/mol. The number of ether oxygens (including phenoxy) is 1. The first-order valence-electron chi connectivity index (χ1n) is 5.92. The lowest BCUT2D eigenvalue weighted by molar-refractivity contribution is 0.0366. The highest BCUT2D eigenvalue weighted by atomic mass is 16.6. The Hall–Kier alpha value is -1.55. The van der Waals surface area contributed by atoms with Crippen molar-refractivity contribution in [2.75, 3.05) is 19.7 Å². The zero-order valence-electron chi connectivity index (χ0n) is 9.71. The molecule has 1 aromatic rings. The van der Waals surface area contributed by atoms with Gasteiger partial charge in [-0.15, -0.1) is 0 Å². The zero-order chi connectivity index (χ0) is 12.1. The van der Waals surface area contributed by atoms with E-state index in [1.807, 2.05) is 30.3 Å². The van der Waals surface area contributed by atoms with Gasteiger partial charge in [-0.25, -0.2) is 4.79 Å². The van der Waals surface area contributed by atoms with Gasteiger partial charge in [-0.2, -0.15) is 0 Å². The molecule has 1 fully saturated rings. The highest BCUT2D eigenvalue weighted by Crippen LogP contribution is 2.19. The fourth-order valence-electron chi connectivity index (χ4n) is 1.97. The molecule has 0 aromatic heterocycles. The summed E-state index contributed by atoms with van der Waals surface area (Å²) < 4.78 is 5.31. The predicted molar refractivity (Wildman–Crippen MR) is 63.6 cm³/mol. The first-order chi connectivity index (χ1) is 8.31. The van der Waals surface area contributed by atoms with E-state index in [4.69, 9.17) is 4.74 Å². The van der Waals surface area contributed by atoms with Crippen molar-refractivity contribution < 1.29 is 14.6 Å². The summed E-state index contributed by atoms with van der Waals surface area (Å²) in [5.41, 5.74) is 0.822. The summed E-state index contributed by atoms with van der Waals surface area (Å²) in [5.74, 6) is 0. The third-order valence-corrected chi connectivity index (χ3v) is 2.94. The molecule has 1 atom stereocenters. The van der Waals surface area contributed by atoms with Crippen LogP contribution < -0.4 is 0 Å². The van der Waals surface area contributed by atoms with Crippen molar-refractivity contribution >= 4 is 6.09 Å². The average Bonchev–Trinajstić information content (AvgIpc) is 2.90. The number of rotatable bonds is 3. The molecule has 1 aromatic carbocycles. The summed E-state index contributed by atoms with van der Waals surface area (Å²) in [5, 5.41) is 9.28. The van der Waals surface area contributed by atoms with Gasteiger partial charge in [0.2, 0.25) is 0 Å². The molecule has 1 saturated heterocycles. The minimum absolute atomic E-state index is 0.191. The van der Waals surface area contributed by atoms with Crippen LogP contribution in [0.3, 0.4) is 0 Å². The molecule has 0 radical (unpaired) electrons. The molecule has 0 spiro atoms. The van der Waals surface area contributed by atoms with Crippen molar-refractivity contribution in [2.24, 2.45) is 0 Å². The SMILES string of the molecule is O=C(OC(CO)c1ccccc1)N1CCCC1. The summed E-state index contributed by atoms with van der Waals surface area (Å²) in [6.45, 7) is 1.32. The number of benzene rings is 1. The molecule has 0 saturated carbocycles. The van der Waals surface area contributed by atoms with Crippen LogP contribution >= 0.6 is 0 Å². The first kappa shape index (κ1) is 11.9. The standard InChI is InChI=1S/C13H17NO3/c15-10-12(11-6-2-1-3-7-11)17-13(16)14-8-4-5-9-14/h1-3,6-7,12,15H,4-5,8-10H2. The van der Waals surface area contributed by atoms with Gasteiger partial charge in [0.1, 0.15) is 0 Å². The van der Waals surface area contributed by atoms with Crippen molar-refractivity contribution in [1.82, 2.24) is 4.90 Å². The molecule has 4 nitrogen and oxygen atoms in total. The van der Waals surface area contributed by atoms with Gasteiger partial charge >= 0.3 is 6.09 Å². The van der Waals surface area contributed by atoms with Crippen molar-refractivity contribution in [3.63, 3.8) is 0 Å². The number of amides is 1. The fourth-order valence-corrected chi connectivity index (χ4v) is 1.97. The Morgan fingerprint density at radius 1 is 1.29 bits per heavy atom. The van der Waals surface area contributed by atoms with Gasteiger partial charge in [-0.05, 0) is 18.4 Å². The number of carbonyl (C=O) groups excluding carboxylic acids is 1. The second-order valence-electron chi connectivity index (χ2n) is 4.16. The summed E-state index contributed by atoms with van der Waals surface area (Å²) in [7, 11) is 0. The second-order valence-corrected chi connectivity index (χ2v) is 4.16. The molecule has 1 aliphatic rings. The molecule has 1 aliphatic heterocycles.